The lowest BCUT2D eigenvalue weighted by molar-refractivity contribution is -0.116. The Balaban J connectivity index is 1.62. The molecule has 2 heterocycles. The van der Waals surface area contributed by atoms with Crippen LogP contribution in [0.4, 0.5) is 5.69 Å². The molecular weight excluding hydrogens is 432 g/mol. The SMILES string of the molecule is CCn1c(=O)c2ccccc2n(CC(=O)Nc2cccc(S(=O)(=O)N3CCCC3)c2)c1=O. The van der Waals surface area contributed by atoms with E-state index in [0.717, 1.165) is 17.4 Å². The van der Waals surface area contributed by atoms with Crippen molar-refractivity contribution in [2.75, 3.05) is 18.4 Å². The van der Waals surface area contributed by atoms with Crippen molar-refractivity contribution < 1.29 is 13.2 Å². The smallest absolute Gasteiger partial charge is 0.324 e. The van der Waals surface area contributed by atoms with Crippen molar-refractivity contribution in [3.05, 3.63) is 69.4 Å². The van der Waals surface area contributed by atoms with E-state index >= 15 is 0 Å². The Morgan fingerprint density at radius 3 is 2.44 bits per heavy atom. The minimum atomic E-state index is -3.62. The molecule has 1 aromatic heterocycles. The van der Waals surface area contributed by atoms with Crippen LogP contribution in [0.3, 0.4) is 0 Å². The molecule has 1 N–H and O–H groups in total. The van der Waals surface area contributed by atoms with E-state index in [-0.39, 0.29) is 18.0 Å². The highest BCUT2D eigenvalue weighted by Gasteiger charge is 2.27. The summed E-state index contributed by atoms with van der Waals surface area (Å²) in [4.78, 5) is 38.2. The number of rotatable bonds is 6. The second-order valence-electron chi connectivity index (χ2n) is 7.62. The number of carbonyl (C=O) groups excluding carboxylic acids is 1. The number of para-hydroxylation sites is 1. The van der Waals surface area contributed by atoms with Crippen LogP contribution in [0.15, 0.2) is 63.0 Å². The van der Waals surface area contributed by atoms with E-state index in [0.29, 0.717) is 29.7 Å². The number of fused-ring (bicyclic) bond motifs is 1. The van der Waals surface area contributed by atoms with E-state index in [9.17, 15) is 22.8 Å². The summed E-state index contributed by atoms with van der Waals surface area (Å²) in [6.45, 7) is 2.53. The van der Waals surface area contributed by atoms with Gasteiger partial charge in [-0.05, 0) is 50.1 Å². The Bertz CT molecular complexity index is 1400. The quantitative estimate of drug-likeness (QED) is 0.606. The second-order valence-corrected chi connectivity index (χ2v) is 9.56. The molecule has 1 aliphatic rings. The Labute approximate surface area is 184 Å². The van der Waals surface area contributed by atoms with Crippen LogP contribution < -0.4 is 16.6 Å². The van der Waals surface area contributed by atoms with Gasteiger partial charge in [-0.15, -0.1) is 0 Å². The molecule has 0 unspecified atom stereocenters. The summed E-state index contributed by atoms with van der Waals surface area (Å²) in [7, 11) is -3.62. The third kappa shape index (κ3) is 3.98. The van der Waals surface area contributed by atoms with Gasteiger partial charge in [0.1, 0.15) is 6.54 Å². The lowest BCUT2D eigenvalue weighted by atomic mass is 10.2. The molecule has 0 spiro atoms. The summed E-state index contributed by atoms with van der Waals surface area (Å²) in [5.41, 5.74) is -0.287. The van der Waals surface area contributed by atoms with Crippen LogP contribution in [0.1, 0.15) is 19.8 Å². The Morgan fingerprint density at radius 1 is 1.00 bits per heavy atom. The van der Waals surface area contributed by atoms with Crippen LogP contribution in [0.25, 0.3) is 10.9 Å². The van der Waals surface area contributed by atoms with Crippen LogP contribution in [0.5, 0.6) is 0 Å². The Kier molecular flexibility index (Phi) is 5.98. The van der Waals surface area contributed by atoms with Crippen molar-refractivity contribution >= 4 is 32.5 Å². The molecule has 2 aromatic carbocycles. The minimum absolute atomic E-state index is 0.111. The fourth-order valence-corrected chi connectivity index (χ4v) is 5.52. The summed E-state index contributed by atoms with van der Waals surface area (Å²) in [5, 5.41) is 3.02. The monoisotopic (exact) mass is 456 g/mol. The zero-order valence-electron chi connectivity index (χ0n) is 17.7. The number of benzene rings is 2. The first kappa shape index (κ1) is 22.0. The summed E-state index contributed by atoms with van der Waals surface area (Å²) < 4.78 is 29.4. The number of nitrogens with one attached hydrogen (secondary N) is 1. The minimum Gasteiger partial charge on any atom is -0.324 e. The van der Waals surface area contributed by atoms with E-state index in [1.54, 1.807) is 43.3 Å². The number of nitrogens with zero attached hydrogens (tertiary/aromatic N) is 3. The van der Waals surface area contributed by atoms with Crippen molar-refractivity contribution in [1.29, 1.82) is 0 Å². The van der Waals surface area contributed by atoms with Crippen molar-refractivity contribution in [2.24, 2.45) is 0 Å². The lowest BCUT2D eigenvalue weighted by Gasteiger charge is -2.16. The number of aromatic nitrogens is 2. The molecule has 168 valence electrons. The van der Waals surface area contributed by atoms with E-state index in [1.165, 1.54) is 21.0 Å². The Morgan fingerprint density at radius 2 is 1.72 bits per heavy atom. The number of amides is 1. The topological polar surface area (TPSA) is 110 Å². The molecule has 0 radical (unpaired) electrons. The number of carbonyl (C=O) groups is 1. The van der Waals surface area contributed by atoms with Gasteiger partial charge in [-0.1, -0.05) is 18.2 Å². The van der Waals surface area contributed by atoms with Gasteiger partial charge in [-0.25, -0.2) is 13.2 Å². The average Bonchev–Trinajstić information content (AvgIpc) is 3.33. The molecule has 4 rings (SSSR count). The summed E-state index contributed by atoms with van der Waals surface area (Å²) >= 11 is 0. The molecule has 0 bridgehead atoms. The van der Waals surface area contributed by atoms with Crippen LogP contribution in [-0.4, -0.2) is 40.9 Å². The maximum atomic E-state index is 12.8. The molecule has 1 fully saturated rings. The first-order valence-electron chi connectivity index (χ1n) is 10.5. The summed E-state index contributed by atoms with van der Waals surface area (Å²) in [6, 6.07) is 12.7. The van der Waals surface area contributed by atoms with Crippen molar-refractivity contribution in [1.82, 2.24) is 13.4 Å². The largest absolute Gasteiger partial charge is 0.331 e. The fourth-order valence-electron chi connectivity index (χ4n) is 3.96. The number of hydrogen-bond acceptors (Lipinski definition) is 5. The molecule has 10 heteroatoms. The molecule has 0 atom stereocenters. The molecule has 1 aliphatic heterocycles. The fraction of sp³-hybridized carbons (Fsp3) is 0.318. The Hall–Kier alpha value is -3.24. The maximum Gasteiger partial charge on any atom is 0.331 e. The molecule has 1 amide bonds. The third-order valence-corrected chi connectivity index (χ3v) is 7.47. The number of hydrogen-bond donors (Lipinski definition) is 1. The zero-order valence-corrected chi connectivity index (χ0v) is 18.5. The molecule has 9 nitrogen and oxygen atoms in total. The predicted molar refractivity (Wildman–Crippen MR) is 121 cm³/mol. The van der Waals surface area contributed by atoms with Crippen LogP contribution in [-0.2, 0) is 27.9 Å². The van der Waals surface area contributed by atoms with E-state index in [2.05, 4.69) is 5.32 Å². The van der Waals surface area contributed by atoms with Crippen molar-refractivity contribution in [3.63, 3.8) is 0 Å². The molecule has 32 heavy (non-hydrogen) atoms. The zero-order chi connectivity index (χ0) is 22.9. The van der Waals surface area contributed by atoms with Gasteiger partial charge >= 0.3 is 5.69 Å². The van der Waals surface area contributed by atoms with Gasteiger partial charge in [0, 0.05) is 25.3 Å². The molecule has 0 saturated carbocycles. The average molecular weight is 457 g/mol. The standard InChI is InChI=1S/C22H24N4O5S/c1-2-25-21(28)18-10-3-4-11-19(18)26(22(25)29)15-20(27)23-16-8-7-9-17(14-16)32(30,31)24-12-5-6-13-24/h3-4,7-11,14H,2,5-6,12-13,15H2,1H3,(H,23,27). The first-order valence-corrected chi connectivity index (χ1v) is 11.9. The van der Waals surface area contributed by atoms with Gasteiger partial charge in [-0.3, -0.25) is 18.7 Å². The molecular formula is C22H24N4O5S. The highest BCUT2D eigenvalue weighted by Crippen LogP contribution is 2.23. The van der Waals surface area contributed by atoms with Crippen LogP contribution in [0, 0.1) is 0 Å². The van der Waals surface area contributed by atoms with Gasteiger partial charge < -0.3 is 5.32 Å². The lowest BCUT2D eigenvalue weighted by Crippen LogP contribution is -2.41. The van der Waals surface area contributed by atoms with Gasteiger partial charge in [0.2, 0.25) is 15.9 Å². The van der Waals surface area contributed by atoms with Crippen LogP contribution >= 0.6 is 0 Å². The normalized spacial score (nSPS) is 14.7. The summed E-state index contributed by atoms with van der Waals surface area (Å²) in [6.07, 6.45) is 1.66. The predicted octanol–water partition coefficient (Wildman–Crippen LogP) is 1.61. The van der Waals surface area contributed by atoms with Crippen LogP contribution in [0.2, 0.25) is 0 Å². The third-order valence-electron chi connectivity index (χ3n) is 5.57. The van der Waals surface area contributed by atoms with Gasteiger partial charge in [0.15, 0.2) is 0 Å². The van der Waals surface area contributed by atoms with Gasteiger partial charge in [0.05, 0.1) is 15.8 Å². The maximum absolute atomic E-state index is 12.8. The number of sulfonamides is 1. The molecule has 1 saturated heterocycles. The van der Waals surface area contributed by atoms with E-state index < -0.39 is 27.2 Å². The number of anilines is 1. The highest BCUT2D eigenvalue weighted by atomic mass is 32.2. The molecule has 0 aliphatic carbocycles. The van der Waals surface area contributed by atoms with E-state index in [1.807, 2.05) is 0 Å². The van der Waals surface area contributed by atoms with Crippen molar-refractivity contribution in [3.8, 4) is 0 Å². The van der Waals surface area contributed by atoms with Crippen molar-refractivity contribution in [2.45, 2.75) is 37.8 Å². The van der Waals surface area contributed by atoms with E-state index in [4.69, 9.17) is 0 Å². The second kappa shape index (κ2) is 8.71. The molecule has 3 aromatic rings. The highest BCUT2D eigenvalue weighted by molar-refractivity contribution is 7.89. The first-order chi connectivity index (χ1) is 15.3. The van der Waals surface area contributed by atoms with Gasteiger partial charge in [-0.2, -0.15) is 4.31 Å². The van der Waals surface area contributed by atoms with Gasteiger partial charge in [0.25, 0.3) is 5.56 Å². The summed E-state index contributed by atoms with van der Waals surface area (Å²) in [5.74, 6) is -0.505.